The van der Waals surface area contributed by atoms with Crippen molar-refractivity contribution in [2.24, 2.45) is 17.3 Å². The number of ether oxygens (including phenoxy) is 1. The van der Waals surface area contributed by atoms with Crippen LogP contribution in [0.5, 0.6) is 5.75 Å². The molecule has 7 nitrogen and oxygen atoms in total. The lowest BCUT2D eigenvalue weighted by molar-refractivity contribution is -0.201. The molecule has 0 bridgehead atoms. The number of guanidine groups is 1. The number of hydrogen-bond donors (Lipinski definition) is 3. The zero-order valence-corrected chi connectivity index (χ0v) is 21.9. The monoisotopic (exact) mass is 522 g/mol. The van der Waals surface area contributed by atoms with Crippen molar-refractivity contribution in [3.63, 3.8) is 0 Å². The lowest BCUT2D eigenvalue weighted by Crippen LogP contribution is -2.62. The van der Waals surface area contributed by atoms with E-state index in [4.69, 9.17) is 10.1 Å². The molecule has 37 heavy (non-hydrogen) atoms. The number of carbonyl (C=O) groups is 2. The molecule has 1 aromatic carbocycles. The quantitative estimate of drug-likeness (QED) is 0.452. The zero-order valence-electron chi connectivity index (χ0n) is 21.9. The Bertz CT molecular complexity index is 1030. The van der Waals surface area contributed by atoms with Gasteiger partial charge >= 0.3 is 6.18 Å². The summed E-state index contributed by atoms with van der Waals surface area (Å²) in [5, 5.41) is 14.5. The number of alkyl halides is 3. The van der Waals surface area contributed by atoms with Crippen LogP contribution in [0.2, 0.25) is 0 Å². The molecule has 3 N–H and O–H groups in total. The highest BCUT2D eigenvalue weighted by molar-refractivity contribution is 5.99. The van der Waals surface area contributed by atoms with E-state index in [1.54, 1.807) is 18.2 Å². The maximum atomic E-state index is 13.5. The van der Waals surface area contributed by atoms with E-state index in [0.717, 1.165) is 19.3 Å². The second-order valence-electron chi connectivity index (χ2n) is 11.4. The van der Waals surface area contributed by atoms with Gasteiger partial charge < -0.3 is 15.4 Å². The molecule has 10 heteroatoms. The minimum absolute atomic E-state index is 0.00263. The molecule has 4 atom stereocenters. The van der Waals surface area contributed by atoms with Crippen LogP contribution in [-0.2, 0) is 9.59 Å². The van der Waals surface area contributed by atoms with Gasteiger partial charge in [-0.05, 0) is 42.6 Å². The van der Waals surface area contributed by atoms with Gasteiger partial charge in [-0.15, -0.1) is 0 Å². The molecule has 3 aliphatic rings. The van der Waals surface area contributed by atoms with Crippen molar-refractivity contribution in [2.45, 2.75) is 90.1 Å². The Labute approximate surface area is 216 Å². The topological polar surface area (TPSA) is 94.5 Å². The summed E-state index contributed by atoms with van der Waals surface area (Å²) in [5.41, 5.74) is 0.0946. The normalized spacial score (nSPS) is 27.0. The van der Waals surface area contributed by atoms with Crippen LogP contribution >= 0.6 is 0 Å². The fourth-order valence-corrected chi connectivity index (χ4v) is 5.87. The van der Waals surface area contributed by atoms with Gasteiger partial charge in [0.15, 0.2) is 12.1 Å². The molecule has 2 aliphatic heterocycles. The molecule has 1 saturated heterocycles. The predicted molar refractivity (Wildman–Crippen MR) is 133 cm³/mol. The molecule has 0 aromatic heterocycles. The van der Waals surface area contributed by atoms with Crippen LogP contribution in [0.3, 0.4) is 0 Å². The number of rotatable bonds is 8. The van der Waals surface area contributed by atoms with Crippen molar-refractivity contribution in [2.75, 3.05) is 6.54 Å². The lowest BCUT2D eigenvalue weighted by atomic mass is 9.86. The van der Waals surface area contributed by atoms with Crippen LogP contribution in [0.4, 0.5) is 13.2 Å². The van der Waals surface area contributed by atoms with E-state index in [9.17, 15) is 22.8 Å². The summed E-state index contributed by atoms with van der Waals surface area (Å²) in [6, 6.07) is 5.63. The van der Waals surface area contributed by atoms with Gasteiger partial charge in [-0.25, -0.2) is 0 Å². The molecule has 0 spiro atoms. The molecule has 4 rings (SSSR count). The van der Waals surface area contributed by atoms with Crippen molar-refractivity contribution in [1.29, 1.82) is 5.41 Å². The number of fused-ring (bicyclic) bond motifs is 1. The Kier molecular flexibility index (Phi) is 7.25. The Morgan fingerprint density at radius 1 is 1.27 bits per heavy atom. The molecule has 204 valence electrons. The van der Waals surface area contributed by atoms with E-state index >= 15 is 0 Å². The van der Waals surface area contributed by atoms with E-state index in [2.05, 4.69) is 24.5 Å². The maximum Gasteiger partial charge on any atom is 0.425 e. The summed E-state index contributed by atoms with van der Waals surface area (Å²) in [6.45, 7) is 8.41. The molecule has 1 saturated carbocycles. The summed E-state index contributed by atoms with van der Waals surface area (Å²) in [5.74, 6) is -0.373. The first kappa shape index (κ1) is 27.3. The van der Waals surface area contributed by atoms with Gasteiger partial charge in [-0.2, -0.15) is 13.2 Å². The van der Waals surface area contributed by atoms with Crippen LogP contribution in [0.15, 0.2) is 24.3 Å². The third-order valence-electron chi connectivity index (χ3n) is 8.53. The molecule has 2 heterocycles. The van der Waals surface area contributed by atoms with Gasteiger partial charge in [-0.3, -0.25) is 19.9 Å². The van der Waals surface area contributed by atoms with Crippen molar-refractivity contribution < 1.29 is 27.5 Å². The summed E-state index contributed by atoms with van der Waals surface area (Å²) >= 11 is 0. The van der Waals surface area contributed by atoms with Crippen LogP contribution in [0.1, 0.15) is 77.8 Å². The molecule has 1 aliphatic carbocycles. The standard InChI is InChI=1S/C27H37F3N4O3/c1-5-26(6-2)14-23(36)34(24(31)33-26)15-16(18-13-25(18,3)4)11-22(35)32-19-12-21(27(28,29)30)37-20-10-8-7-9-17(19)20/h7-10,16,18-19,21H,5-6,11-15H2,1-4H3,(H2,31,33)(H,32,35)/t16-,18?,19+,21-/m1/s1. The Morgan fingerprint density at radius 2 is 1.92 bits per heavy atom. The highest BCUT2D eigenvalue weighted by Crippen LogP contribution is 2.57. The molecule has 1 aromatic rings. The van der Waals surface area contributed by atoms with Gasteiger partial charge in [0, 0.05) is 30.5 Å². The summed E-state index contributed by atoms with van der Waals surface area (Å²) in [6.07, 6.45) is -4.27. The van der Waals surface area contributed by atoms with Crippen molar-refractivity contribution in [1.82, 2.24) is 15.5 Å². The van der Waals surface area contributed by atoms with Crippen LogP contribution in [0.25, 0.3) is 0 Å². The first-order valence-corrected chi connectivity index (χ1v) is 13.1. The highest BCUT2D eigenvalue weighted by atomic mass is 19.4. The van der Waals surface area contributed by atoms with Crippen LogP contribution in [0, 0.1) is 22.7 Å². The summed E-state index contributed by atoms with van der Waals surface area (Å²) < 4.78 is 45.7. The Balaban J connectivity index is 1.48. The average molecular weight is 523 g/mol. The number of carbonyl (C=O) groups excluding carboxylic acids is 2. The minimum Gasteiger partial charge on any atom is -0.480 e. The number of amides is 2. The third-order valence-corrected chi connectivity index (χ3v) is 8.53. The number of para-hydroxylation sites is 1. The molecule has 0 radical (unpaired) electrons. The maximum absolute atomic E-state index is 13.5. The smallest absolute Gasteiger partial charge is 0.425 e. The van der Waals surface area contributed by atoms with Crippen LogP contribution < -0.4 is 15.4 Å². The summed E-state index contributed by atoms with van der Waals surface area (Å²) in [4.78, 5) is 27.7. The minimum atomic E-state index is -4.55. The number of nitrogens with one attached hydrogen (secondary N) is 3. The lowest BCUT2D eigenvalue weighted by Gasteiger charge is -2.43. The van der Waals surface area contributed by atoms with E-state index in [-0.39, 0.29) is 60.2 Å². The fraction of sp³-hybridized carbons (Fsp3) is 0.667. The van der Waals surface area contributed by atoms with Crippen LogP contribution in [-0.4, -0.2) is 47.0 Å². The number of benzene rings is 1. The number of hydrogen-bond acceptors (Lipinski definition) is 4. The van der Waals surface area contributed by atoms with E-state index in [0.29, 0.717) is 5.56 Å². The molecular weight excluding hydrogens is 485 g/mol. The average Bonchev–Trinajstić information content (AvgIpc) is 3.47. The van der Waals surface area contributed by atoms with E-state index in [1.165, 1.54) is 11.0 Å². The first-order chi connectivity index (χ1) is 17.3. The Hall–Kier alpha value is -2.78. The van der Waals surface area contributed by atoms with Crippen molar-refractivity contribution in [3.05, 3.63) is 29.8 Å². The summed E-state index contributed by atoms with van der Waals surface area (Å²) in [7, 11) is 0. The third kappa shape index (κ3) is 5.72. The van der Waals surface area contributed by atoms with Gasteiger partial charge in [0.05, 0.1) is 12.5 Å². The molecule has 2 amide bonds. The predicted octanol–water partition coefficient (Wildman–Crippen LogP) is 4.93. The van der Waals surface area contributed by atoms with E-state index in [1.807, 2.05) is 13.8 Å². The van der Waals surface area contributed by atoms with E-state index < -0.39 is 30.3 Å². The van der Waals surface area contributed by atoms with Crippen molar-refractivity contribution in [3.8, 4) is 5.75 Å². The largest absolute Gasteiger partial charge is 0.480 e. The second-order valence-corrected chi connectivity index (χ2v) is 11.4. The number of nitrogens with zero attached hydrogens (tertiary/aromatic N) is 1. The second kappa shape index (κ2) is 9.83. The van der Waals surface area contributed by atoms with Crippen molar-refractivity contribution >= 4 is 17.8 Å². The Morgan fingerprint density at radius 3 is 2.49 bits per heavy atom. The SMILES string of the molecule is CCC1(CC)CC(=O)N(C[C@@H](CC(=O)N[C@H]2C[C@H](C(F)(F)F)Oc3ccccc32)C2CC2(C)C)C(=N)N1. The van der Waals surface area contributed by atoms with Gasteiger partial charge in [0.2, 0.25) is 11.8 Å². The fourth-order valence-electron chi connectivity index (χ4n) is 5.87. The van der Waals surface area contributed by atoms with Gasteiger partial charge in [0.25, 0.3) is 0 Å². The highest BCUT2D eigenvalue weighted by Gasteiger charge is 2.52. The molecule has 2 fully saturated rings. The zero-order chi connectivity index (χ0) is 27.2. The molecule has 1 unspecified atom stereocenters. The first-order valence-electron chi connectivity index (χ1n) is 13.1. The van der Waals surface area contributed by atoms with Gasteiger partial charge in [0.1, 0.15) is 5.75 Å². The molecular formula is C27H37F3N4O3. The van der Waals surface area contributed by atoms with Gasteiger partial charge in [-0.1, -0.05) is 45.9 Å². The number of halogens is 3.